The van der Waals surface area contributed by atoms with Gasteiger partial charge < -0.3 is 0 Å². The van der Waals surface area contributed by atoms with Gasteiger partial charge in [0, 0.05) is 0 Å². The maximum atomic E-state index is 3.67. The van der Waals surface area contributed by atoms with E-state index in [0.717, 1.165) is 5.92 Å². The van der Waals surface area contributed by atoms with Gasteiger partial charge in [-0.2, -0.15) is 0 Å². The number of rotatable bonds is 4. The lowest BCUT2D eigenvalue weighted by atomic mass is 10.1. The summed E-state index contributed by atoms with van der Waals surface area (Å²) >= 11 is 0. The summed E-state index contributed by atoms with van der Waals surface area (Å²) in [7, 11) is 0. The van der Waals surface area contributed by atoms with Crippen molar-refractivity contribution in [1.82, 2.24) is 0 Å². The quantitative estimate of drug-likeness (QED) is 0.565. The first kappa shape index (κ1) is 10.3. The fourth-order valence-corrected chi connectivity index (χ4v) is 1.64. The SMILES string of the molecule is C=C/C=C(C)\C=C/CC1CC1(C)C. The summed E-state index contributed by atoms with van der Waals surface area (Å²) in [4.78, 5) is 0. The van der Waals surface area contributed by atoms with Crippen molar-refractivity contribution >= 4 is 0 Å². The molecule has 1 aliphatic rings. The predicted octanol–water partition coefficient (Wildman–Crippen LogP) is 4.11. The van der Waals surface area contributed by atoms with E-state index in [1.165, 1.54) is 18.4 Å². The smallest absolute Gasteiger partial charge is 0.0314 e. The Morgan fingerprint density at radius 3 is 2.62 bits per heavy atom. The standard InChI is InChI=1S/C13H20/c1-5-7-11(2)8-6-9-12-10-13(12,3)4/h5-8,12H,1,9-10H2,2-4H3/b8-6-,11-7-. The van der Waals surface area contributed by atoms with Gasteiger partial charge in [-0.25, -0.2) is 0 Å². The molecule has 1 saturated carbocycles. The average Bonchev–Trinajstić information content (AvgIpc) is 2.59. The highest BCUT2D eigenvalue weighted by molar-refractivity contribution is 5.20. The molecule has 0 radical (unpaired) electrons. The number of hydrogen-bond acceptors (Lipinski definition) is 0. The summed E-state index contributed by atoms with van der Waals surface area (Å²) in [6.45, 7) is 10.5. The highest BCUT2D eigenvalue weighted by Gasteiger charge is 2.44. The second kappa shape index (κ2) is 3.95. The van der Waals surface area contributed by atoms with Crippen LogP contribution in [0, 0.1) is 11.3 Å². The van der Waals surface area contributed by atoms with E-state index in [2.05, 4.69) is 39.5 Å². The third kappa shape index (κ3) is 3.22. The van der Waals surface area contributed by atoms with Crippen LogP contribution in [0.5, 0.6) is 0 Å². The molecule has 1 aliphatic carbocycles. The van der Waals surface area contributed by atoms with Crippen LogP contribution >= 0.6 is 0 Å². The van der Waals surface area contributed by atoms with Crippen LogP contribution in [-0.4, -0.2) is 0 Å². The van der Waals surface area contributed by atoms with Gasteiger partial charge in [-0.1, -0.05) is 50.3 Å². The van der Waals surface area contributed by atoms with Gasteiger partial charge in [0.1, 0.15) is 0 Å². The fourth-order valence-electron chi connectivity index (χ4n) is 1.64. The van der Waals surface area contributed by atoms with E-state index in [0.29, 0.717) is 5.41 Å². The van der Waals surface area contributed by atoms with Crippen molar-refractivity contribution in [3.05, 3.63) is 36.5 Å². The average molecular weight is 176 g/mol. The summed E-state index contributed by atoms with van der Waals surface area (Å²) in [6, 6.07) is 0. The first-order valence-corrected chi connectivity index (χ1v) is 5.02. The Morgan fingerprint density at radius 2 is 2.15 bits per heavy atom. The van der Waals surface area contributed by atoms with Crippen LogP contribution in [-0.2, 0) is 0 Å². The molecule has 0 saturated heterocycles. The Bertz CT molecular complexity index is 241. The van der Waals surface area contributed by atoms with Gasteiger partial charge >= 0.3 is 0 Å². The Kier molecular flexibility index (Phi) is 3.13. The third-order valence-electron chi connectivity index (χ3n) is 2.90. The van der Waals surface area contributed by atoms with E-state index < -0.39 is 0 Å². The van der Waals surface area contributed by atoms with Crippen LogP contribution in [0.25, 0.3) is 0 Å². The van der Waals surface area contributed by atoms with Crippen molar-refractivity contribution < 1.29 is 0 Å². The van der Waals surface area contributed by atoms with Crippen molar-refractivity contribution in [2.45, 2.75) is 33.6 Å². The molecule has 1 unspecified atom stereocenters. The molecular weight excluding hydrogens is 156 g/mol. The van der Waals surface area contributed by atoms with Crippen LogP contribution in [0.2, 0.25) is 0 Å². The molecule has 0 aliphatic heterocycles. The minimum absolute atomic E-state index is 0.612. The van der Waals surface area contributed by atoms with Gasteiger partial charge in [-0.15, -0.1) is 0 Å². The fraction of sp³-hybridized carbons (Fsp3) is 0.538. The molecule has 1 rings (SSSR count). The predicted molar refractivity (Wildman–Crippen MR) is 59.6 cm³/mol. The summed E-state index contributed by atoms with van der Waals surface area (Å²) in [5.41, 5.74) is 1.90. The normalized spacial score (nSPS) is 26.4. The Morgan fingerprint density at radius 1 is 1.54 bits per heavy atom. The molecule has 0 spiro atoms. The summed E-state index contributed by atoms with van der Waals surface area (Å²) in [6.07, 6.45) is 11.0. The van der Waals surface area contributed by atoms with Crippen LogP contribution in [0.1, 0.15) is 33.6 Å². The van der Waals surface area contributed by atoms with E-state index in [4.69, 9.17) is 0 Å². The minimum atomic E-state index is 0.612. The maximum Gasteiger partial charge on any atom is -0.0314 e. The lowest BCUT2D eigenvalue weighted by molar-refractivity contribution is 0.563. The van der Waals surface area contributed by atoms with E-state index in [1.54, 1.807) is 0 Å². The second-order valence-corrected chi connectivity index (χ2v) is 4.67. The molecule has 0 aromatic heterocycles. The molecule has 0 bridgehead atoms. The van der Waals surface area contributed by atoms with Gasteiger partial charge in [-0.05, 0) is 31.1 Å². The molecule has 0 N–H and O–H groups in total. The molecule has 1 atom stereocenters. The molecule has 0 amide bonds. The van der Waals surface area contributed by atoms with Crippen molar-refractivity contribution in [1.29, 1.82) is 0 Å². The lowest BCUT2D eigenvalue weighted by Gasteiger charge is -1.98. The molecular formula is C13H20. The van der Waals surface area contributed by atoms with E-state index in [9.17, 15) is 0 Å². The molecule has 0 nitrogen and oxygen atoms in total. The highest BCUT2D eigenvalue weighted by Crippen LogP contribution is 2.53. The van der Waals surface area contributed by atoms with Crippen molar-refractivity contribution in [2.24, 2.45) is 11.3 Å². The van der Waals surface area contributed by atoms with Gasteiger partial charge in [0.05, 0.1) is 0 Å². The monoisotopic (exact) mass is 176 g/mol. The molecule has 0 aromatic carbocycles. The van der Waals surface area contributed by atoms with E-state index >= 15 is 0 Å². The number of allylic oxidation sites excluding steroid dienone is 5. The number of hydrogen-bond donors (Lipinski definition) is 0. The van der Waals surface area contributed by atoms with Crippen molar-refractivity contribution in [3.8, 4) is 0 Å². The third-order valence-corrected chi connectivity index (χ3v) is 2.90. The molecule has 0 aromatic rings. The summed E-state index contributed by atoms with van der Waals surface area (Å²) in [5, 5.41) is 0. The van der Waals surface area contributed by atoms with Gasteiger partial charge in [0.15, 0.2) is 0 Å². The van der Waals surface area contributed by atoms with Gasteiger partial charge in [0.2, 0.25) is 0 Å². The van der Waals surface area contributed by atoms with E-state index in [1.807, 2.05) is 12.2 Å². The van der Waals surface area contributed by atoms with Gasteiger partial charge in [-0.3, -0.25) is 0 Å². The van der Waals surface area contributed by atoms with Crippen LogP contribution < -0.4 is 0 Å². The topological polar surface area (TPSA) is 0 Å². The molecule has 1 fully saturated rings. The Hall–Kier alpha value is -0.780. The Labute approximate surface area is 82.0 Å². The molecule has 13 heavy (non-hydrogen) atoms. The largest absolute Gasteiger partial charge is 0.0991 e. The highest BCUT2D eigenvalue weighted by atomic mass is 14.5. The first-order chi connectivity index (χ1) is 6.06. The van der Waals surface area contributed by atoms with Crippen LogP contribution in [0.4, 0.5) is 0 Å². The Balaban J connectivity index is 2.27. The zero-order chi connectivity index (χ0) is 9.90. The zero-order valence-electron chi connectivity index (χ0n) is 9.01. The lowest BCUT2D eigenvalue weighted by Crippen LogP contribution is -1.87. The first-order valence-electron chi connectivity index (χ1n) is 5.02. The minimum Gasteiger partial charge on any atom is -0.0991 e. The zero-order valence-corrected chi connectivity index (χ0v) is 9.01. The van der Waals surface area contributed by atoms with Crippen molar-refractivity contribution in [2.75, 3.05) is 0 Å². The molecule has 0 heterocycles. The van der Waals surface area contributed by atoms with Gasteiger partial charge in [0.25, 0.3) is 0 Å². The van der Waals surface area contributed by atoms with Crippen LogP contribution in [0.3, 0.4) is 0 Å². The maximum absolute atomic E-state index is 3.67. The summed E-state index contributed by atoms with van der Waals surface area (Å²) in [5.74, 6) is 0.917. The van der Waals surface area contributed by atoms with Crippen LogP contribution in [0.15, 0.2) is 36.5 Å². The second-order valence-electron chi connectivity index (χ2n) is 4.67. The van der Waals surface area contributed by atoms with Crippen molar-refractivity contribution in [3.63, 3.8) is 0 Å². The van der Waals surface area contributed by atoms with E-state index in [-0.39, 0.29) is 0 Å². The molecule has 0 heteroatoms. The summed E-state index contributed by atoms with van der Waals surface area (Å²) < 4.78 is 0. The molecule has 72 valence electrons.